The van der Waals surface area contributed by atoms with E-state index in [9.17, 15) is 0 Å². The fourth-order valence-corrected chi connectivity index (χ4v) is 4.04. The van der Waals surface area contributed by atoms with Crippen LogP contribution in [0.25, 0.3) is 21.8 Å². The molecule has 0 saturated carbocycles. The third kappa shape index (κ3) is 3.95. The fourth-order valence-electron chi connectivity index (χ4n) is 4.04. The molecule has 0 fully saturated rings. The number of nitrogens with zero attached hydrogens (tertiary/aromatic N) is 2. The molecule has 1 heterocycles. The topological polar surface area (TPSA) is 27.1 Å². The Bertz CT molecular complexity index is 1370. The molecule has 0 spiro atoms. The van der Waals surface area contributed by atoms with Crippen LogP contribution in [0.15, 0.2) is 104 Å². The summed E-state index contributed by atoms with van der Waals surface area (Å²) in [6, 6.07) is 31.5. The van der Waals surface area contributed by atoms with Gasteiger partial charge in [-0.1, -0.05) is 72.8 Å². The van der Waals surface area contributed by atoms with E-state index in [1.54, 1.807) is 0 Å². The van der Waals surface area contributed by atoms with Crippen molar-refractivity contribution in [2.75, 3.05) is 0 Å². The normalized spacial score (nSPS) is 11.1. The highest BCUT2D eigenvalue weighted by Gasteiger charge is 2.13. The van der Waals surface area contributed by atoms with Gasteiger partial charge in [0.25, 0.3) is 0 Å². The number of aromatic nitrogens is 2. The van der Waals surface area contributed by atoms with Crippen molar-refractivity contribution in [3.63, 3.8) is 0 Å². The Balaban J connectivity index is 1.49. The summed E-state index contributed by atoms with van der Waals surface area (Å²) in [5.74, 6) is 1.80. The SMILES string of the molecule is C=CCc1ccccc1OCc1nc2ccccc2n1Cc1ccc2ccccc2c1. The quantitative estimate of drug-likeness (QED) is 0.288. The second-order valence-corrected chi connectivity index (χ2v) is 7.67. The lowest BCUT2D eigenvalue weighted by molar-refractivity contribution is 0.289. The summed E-state index contributed by atoms with van der Waals surface area (Å²) in [5, 5.41) is 2.50. The molecular weight excluding hydrogens is 380 g/mol. The van der Waals surface area contributed by atoms with E-state index >= 15 is 0 Å². The molecule has 152 valence electrons. The third-order valence-corrected chi connectivity index (χ3v) is 5.58. The molecule has 1 aromatic heterocycles. The second kappa shape index (κ2) is 8.49. The molecule has 3 nitrogen and oxygen atoms in total. The average Bonchev–Trinajstić information content (AvgIpc) is 3.16. The zero-order chi connectivity index (χ0) is 21.0. The van der Waals surface area contributed by atoms with Crippen LogP contribution in [-0.4, -0.2) is 9.55 Å². The fraction of sp³-hybridized carbons (Fsp3) is 0.107. The number of rotatable bonds is 7. The van der Waals surface area contributed by atoms with Crippen molar-refractivity contribution in [1.29, 1.82) is 0 Å². The molecule has 0 unspecified atom stereocenters. The minimum Gasteiger partial charge on any atom is -0.485 e. The van der Waals surface area contributed by atoms with Crippen molar-refractivity contribution in [3.05, 3.63) is 121 Å². The predicted molar refractivity (Wildman–Crippen MR) is 127 cm³/mol. The highest BCUT2D eigenvalue weighted by atomic mass is 16.5. The molecule has 4 aromatic carbocycles. The molecule has 0 aliphatic carbocycles. The van der Waals surface area contributed by atoms with E-state index in [1.165, 1.54) is 16.3 Å². The van der Waals surface area contributed by atoms with Crippen LogP contribution in [-0.2, 0) is 19.6 Å². The van der Waals surface area contributed by atoms with Gasteiger partial charge in [0, 0.05) is 6.54 Å². The van der Waals surface area contributed by atoms with Crippen LogP contribution in [0.4, 0.5) is 0 Å². The Morgan fingerprint density at radius 2 is 1.61 bits per heavy atom. The van der Waals surface area contributed by atoms with E-state index in [4.69, 9.17) is 9.72 Å². The monoisotopic (exact) mass is 404 g/mol. The molecule has 31 heavy (non-hydrogen) atoms. The number of imidazole rings is 1. The van der Waals surface area contributed by atoms with Crippen molar-refractivity contribution in [1.82, 2.24) is 9.55 Å². The number of ether oxygens (including phenoxy) is 1. The van der Waals surface area contributed by atoms with Gasteiger partial charge in [-0.15, -0.1) is 6.58 Å². The highest BCUT2D eigenvalue weighted by Crippen LogP contribution is 2.24. The highest BCUT2D eigenvalue weighted by molar-refractivity contribution is 5.83. The molecule has 0 aliphatic rings. The third-order valence-electron chi connectivity index (χ3n) is 5.58. The number of hydrogen-bond acceptors (Lipinski definition) is 2. The Labute approximate surface area is 182 Å². The van der Waals surface area contributed by atoms with Crippen LogP contribution in [0.1, 0.15) is 17.0 Å². The molecule has 0 saturated heterocycles. The first-order chi connectivity index (χ1) is 15.3. The largest absolute Gasteiger partial charge is 0.485 e. The van der Waals surface area contributed by atoms with Crippen LogP contribution < -0.4 is 4.74 Å². The first kappa shape index (κ1) is 19.1. The van der Waals surface area contributed by atoms with Crippen LogP contribution in [0.2, 0.25) is 0 Å². The number of hydrogen-bond donors (Lipinski definition) is 0. The minimum absolute atomic E-state index is 0.413. The lowest BCUT2D eigenvalue weighted by Crippen LogP contribution is -2.09. The molecule has 0 aliphatic heterocycles. The van der Waals surface area contributed by atoms with Gasteiger partial charge in [0.05, 0.1) is 11.0 Å². The van der Waals surface area contributed by atoms with E-state index in [-0.39, 0.29) is 0 Å². The van der Waals surface area contributed by atoms with Gasteiger partial charge in [0.15, 0.2) is 0 Å². The van der Waals surface area contributed by atoms with Crippen molar-refractivity contribution in [2.45, 2.75) is 19.6 Å². The predicted octanol–water partition coefficient (Wildman–Crippen LogP) is 6.55. The van der Waals surface area contributed by atoms with E-state index in [0.717, 1.165) is 41.1 Å². The molecule has 5 rings (SSSR count). The lowest BCUT2D eigenvalue weighted by atomic mass is 10.1. The summed E-state index contributed by atoms with van der Waals surface area (Å²) >= 11 is 0. The lowest BCUT2D eigenvalue weighted by Gasteiger charge is -2.13. The molecule has 0 atom stereocenters. The molecule has 0 bridgehead atoms. The minimum atomic E-state index is 0.413. The van der Waals surface area contributed by atoms with Gasteiger partial charge in [-0.3, -0.25) is 0 Å². The Morgan fingerprint density at radius 1 is 0.839 bits per heavy atom. The van der Waals surface area contributed by atoms with Crippen molar-refractivity contribution in [2.24, 2.45) is 0 Å². The molecular formula is C28H24N2O. The van der Waals surface area contributed by atoms with E-state index < -0.39 is 0 Å². The molecule has 5 aromatic rings. The average molecular weight is 405 g/mol. The smallest absolute Gasteiger partial charge is 0.148 e. The van der Waals surface area contributed by atoms with E-state index in [2.05, 4.69) is 77.9 Å². The zero-order valence-corrected chi connectivity index (χ0v) is 17.4. The molecule has 3 heteroatoms. The Hall–Kier alpha value is -3.85. The van der Waals surface area contributed by atoms with Crippen LogP contribution >= 0.6 is 0 Å². The van der Waals surface area contributed by atoms with Gasteiger partial charge >= 0.3 is 0 Å². The standard InChI is InChI=1S/C28H24N2O/c1-2-9-23-11-5-8-15-27(23)31-20-28-29-25-13-6-7-14-26(25)30(28)19-21-16-17-22-10-3-4-12-24(22)18-21/h2-8,10-18H,1,9,19-20H2. The van der Waals surface area contributed by atoms with Gasteiger partial charge in [-0.05, 0) is 52.6 Å². The van der Waals surface area contributed by atoms with Crippen molar-refractivity contribution < 1.29 is 4.74 Å². The summed E-state index contributed by atoms with van der Waals surface area (Å²) in [5.41, 5.74) is 4.49. The van der Waals surface area contributed by atoms with E-state index in [1.807, 2.05) is 30.3 Å². The first-order valence-corrected chi connectivity index (χ1v) is 10.6. The van der Waals surface area contributed by atoms with Crippen LogP contribution in [0, 0.1) is 0 Å². The van der Waals surface area contributed by atoms with E-state index in [0.29, 0.717) is 6.61 Å². The van der Waals surface area contributed by atoms with Gasteiger partial charge in [-0.25, -0.2) is 4.98 Å². The van der Waals surface area contributed by atoms with Crippen molar-refractivity contribution in [3.8, 4) is 5.75 Å². The van der Waals surface area contributed by atoms with Crippen LogP contribution in [0.5, 0.6) is 5.75 Å². The molecule has 0 amide bonds. The van der Waals surface area contributed by atoms with Gasteiger partial charge in [-0.2, -0.15) is 0 Å². The number of para-hydroxylation sites is 3. The number of allylic oxidation sites excluding steroid dienone is 1. The van der Waals surface area contributed by atoms with Gasteiger partial charge < -0.3 is 9.30 Å². The summed E-state index contributed by atoms with van der Waals surface area (Å²) in [6.45, 7) is 5.02. The molecule has 0 radical (unpaired) electrons. The Kier molecular flexibility index (Phi) is 5.24. The van der Waals surface area contributed by atoms with Crippen LogP contribution in [0.3, 0.4) is 0 Å². The summed E-state index contributed by atoms with van der Waals surface area (Å²) < 4.78 is 8.48. The zero-order valence-electron chi connectivity index (χ0n) is 17.4. The Morgan fingerprint density at radius 3 is 2.52 bits per heavy atom. The maximum atomic E-state index is 6.22. The summed E-state index contributed by atoms with van der Waals surface area (Å²) in [4.78, 5) is 4.88. The molecule has 0 N–H and O–H groups in total. The summed E-state index contributed by atoms with van der Waals surface area (Å²) in [6.07, 6.45) is 2.68. The first-order valence-electron chi connectivity index (χ1n) is 10.6. The number of fused-ring (bicyclic) bond motifs is 2. The maximum Gasteiger partial charge on any atom is 0.148 e. The van der Waals surface area contributed by atoms with Gasteiger partial charge in [0.1, 0.15) is 18.2 Å². The van der Waals surface area contributed by atoms with Crippen molar-refractivity contribution >= 4 is 21.8 Å². The number of benzene rings is 4. The van der Waals surface area contributed by atoms with Gasteiger partial charge in [0.2, 0.25) is 0 Å². The summed E-state index contributed by atoms with van der Waals surface area (Å²) in [7, 11) is 0. The maximum absolute atomic E-state index is 6.22. The second-order valence-electron chi connectivity index (χ2n) is 7.67.